The summed E-state index contributed by atoms with van der Waals surface area (Å²) in [6.07, 6.45) is 0.231. The molecule has 0 aliphatic heterocycles. The summed E-state index contributed by atoms with van der Waals surface area (Å²) < 4.78 is 12.1. The standard InChI is InChI=1S/C21H22N4O4/c1-25-21(22-23-24-25)18(12-13-19(26)27)20(14-4-8-16(28-2)9-5-14)15-6-10-17(29-3)11-7-15/h4-11H,12-13H2,1-3H3,(H,26,27). The van der Waals surface area contributed by atoms with Crippen molar-refractivity contribution >= 4 is 17.1 Å². The second-order valence-corrected chi connectivity index (χ2v) is 6.33. The first kappa shape index (κ1) is 20.1. The predicted octanol–water partition coefficient (Wildman–Crippen LogP) is 3.05. The zero-order valence-electron chi connectivity index (χ0n) is 16.5. The van der Waals surface area contributed by atoms with Crippen LogP contribution < -0.4 is 9.47 Å². The van der Waals surface area contributed by atoms with Crippen LogP contribution in [0.4, 0.5) is 0 Å². The number of carbonyl (C=O) groups is 1. The van der Waals surface area contributed by atoms with Crippen LogP contribution in [0.25, 0.3) is 11.1 Å². The topological polar surface area (TPSA) is 99.4 Å². The smallest absolute Gasteiger partial charge is 0.303 e. The number of allylic oxidation sites excluding steroid dienone is 1. The summed E-state index contributed by atoms with van der Waals surface area (Å²) in [5.41, 5.74) is 3.41. The van der Waals surface area contributed by atoms with Gasteiger partial charge in [-0.2, -0.15) is 0 Å². The van der Waals surface area contributed by atoms with Crippen LogP contribution in [0.2, 0.25) is 0 Å². The number of nitrogens with zero attached hydrogens (tertiary/aromatic N) is 4. The molecule has 1 N–H and O–H groups in total. The Balaban J connectivity index is 2.24. The Morgan fingerprint density at radius 2 is 1.45 bits per heavy atom. The van der Waals surface area contributed by atoms with Crippen LogP contribution in [0.5, 0.6) is 11.5 Å². The number of hydrogen-bond acceptors (Lipinski definition) is 6. The van der Waals surface area contributed by atoms with Crippen LogP contribution in [0.1, 0.15) is 29.8 Å². The Labute approximate surface area is 168 Å². The second kappa shape index (κ2) is 9.01. The first-order valence-electron chi connectivity index (χ1n) is 9.00. The van der Waals surface area contributed by atoms with E-state index in [2.05, 4.69) is 15.5 Å². The summed E-state index contributed by atoms with van der Waals surface area (Å²) in [7, 11) is 4.95. The number of benzene rings is 2. The Kier molecular flexibility index (Phi) is 6.23. The van der Waals surface area contributed by atoms with Gasteiger partial charge in [-0.1, -0.05) is 24.3 Å². The molecule has 0 fully saturated rings. The number of aliphatic carboxylic acids is 1. The molecule has 0 aliphatic rings. The molecule has 150 valence electrons. The van der Waals surface area contributed by atoms with Crippen molar-refractivity contribution in [2.45, 2.75) is 12.8 Å². The second-order valence-electron chi connectivity index (χ2n) is 6.33. The fourth-order valence-electron chi connectivity index (χ4n) is 3.10. The number of ether oxygens (including phenoxy) is 2. The first-order valence-corrected chi connectivity index (χ1v) is 9.00. The van der Waals surface area contributed by atoms with E-state index in [1.54, 1.807) is 25.9 Å². The maximum atomic E-state index is 11.3. The highest BCUT2D eigenvalue weighted by atomic mass is 16.5. The van der Waals surface area contributed by atoms with Gasteiger partial charge in [0.05, 0.1) is 14.2 Å². The SMILES string of the molecule is COc1ccc(C(=C(CCC(=O)O)c2nnnn2C)c2ccc(OC)cc2)cc1. The number of aromatic nitrogens is 4. The van der Waals surface area contributed by atoms with E-state index in [4.69, 9.17) is 9.47 Å². The lowest BCUT2D eigenvalue weighted by Crippen LogP contribution is -2.05. The number of tetrazole rings is 1. The van der Waals surface area contributed by atoms with Crippen molar-refractivity contribution in [3.8, 4) is 11.5 Å². The molecule has 1 aromatic heterocycles. The zero-order valence-corrected chi connectivity index (χ0v) is 16.5. The lowest BCUT2D eigenvalue weighted by molar-refractivity contribution is -0.136. The molecule has 8 nitrogen and oxygen atoms in total. The summed E-state index contributed by atoms with van der Waals surface area (Å²) in [5.74, 6) is 1.10. The van der Waals surface area contributed by atoms with Gasteiger partial charge in [-0.15, -0.1) is 5.10 Å². The fraction of sp³-hybridized carbons (Fsp3) is 0.238. The minimum atomic E-state index is -0.888. The van der Waals surface area contributed by atoms with Crippen LogP contribution in [0.3, 0.4) is 0 Å². The van der Waals surface area contributed by atoms with Gasteiger partial charge in [0.25, 0.3) is 0 Å². The third-order valence-corrected chi connectivity index (χ3v) is 4.54. The molecular weight excluding hydrogens is 372 g/mol. The number of rotatable bonds is 8. The van der Waals surface area contributed by atoms with Crippen LogP contribution in [-0.2, 0) is 11.8 Å². The van der Waals surface area contributed by atoms with E-state index in [0.29, 0.717) is 5.82 Å². The van der Waals surface area contributed by atoms with Crippen molar-refractivity contribution in [1.82, 2.24) is 20.2 Å². The first-order chi connectivity index (χ1) is 14.0. The molecule has 0 radical (unpaired) electrons. The molecule has 0 unspecified atom stereocenters. The lowest BCUT2D eigenvalue weighted by atomic mass is 9.90. The van der Waals surface area contributed by atoms with Crippen molar-refractivity contribution in [2.75, 3.05) is 14.2 Å². The third-order valence-electron chi connectivity index (χ3n) is 4.54. The van der Waals surface area contributed by atoms with E-state index in [0.717, 1.165) is 33.8 Å². The molecule has 29 heavy (non-hydrogen) atoms. The Morgan fingerprint density at radius 3 is 1.83 bits per heavy atom. The van der Waals surface area contributed by atoms with Crippen LogP contribution in [0, 0.1) is 0 Å². The third kappa shape index (κ3) is 4.60. The highest BCUT2D eigenvalue weighted by Crippen LogP contribution is 2.35. The summed E-state index contributed by atoms with van der Waals surface area (Å²) in [5, 5.41) is 21.1. The lowest BCUT2D eigenvalue weighted by Gasteiger charge is -2.16. The van der Waals surface area contributed by atoms with Gasteiger partial charge in [0.2, 0.25) is 0 Å². The fourth-order valence-corrected chi connectivity index (χ4v) is 3.10. The van der Waals surface area contributed by atoms with Crippen molar-refractivity contribution in [3.05, 3.63) is 65.5 Å². The van der Waals surface area contributed by atoms with Crippen LogP contribution in [-0.4, -0.2) is 45.5 Å². The van der Waals surface area contributed by atoms with E-state index in [9.17, 15) is 9.90 Å². The van der Waals surface area contributed by atoms with Gasteiger partial charge in [0.15, 0.2) is 5.82 Å². The monoisotopic (exact) mass is 394 g/mol. The van der Waals surface area contributed by atoms with Gasteiger partial charge in [-0.05, 0) is 57.8 Å². The van der Waals surface area contributed by atoms with E-state index >= 15 is 0 Å². The normalized spacial score (nSPS) is 10.4. The number of hydrogen-bond donors (Lipinski definition) is 1. The minimum absolute atomic E-state index is 0.0436. The molecule has 2 aromatic carbocycles. The van der Waals surface area contributed by atoms with Gasteiger partial charge in [0.1, 0.15) is 11.5 Å². The number of aryl methyl sites for hydroxylation is 1. The maximum Gasteiger partial charge on any atom is 0.303 e. The highest BCUT2D eigenvalue weighted by Gasteiger charge is 2.19. The molecule has 8 heteroatoms. The van der Waals surface area contributed by atoms with Gasteiger partial charge >= 0.3 is 5.97 Å². The molecule has 0 aliphatic carbocycles. The number of carboxylic acid groups (broad SMARTS) is 1. The molecule has 3 rings (SSSR count). The summed E-state index contributed by atoms with van der Waals surface area (Å²) in [6.45, 7) is 0. The van der Waals surface area contributed by atoms with Crippen LogP contribution >= 0.6 is 0 Å². The van der Waals surface area contributed by atoms with Crippen LogP contribution in [0.15, 0.2) is 48.5 Å². The Morgan fingerprint density at radius 1 is 0.931 bits per heavy atom. The molecule has 0 saturated heterocycles. The van der Waals surface area contributed by atoms with Crippen molar-refractivity contribution < 1.29 is 19.4 Å². The summed E-state index contributed by atoms with van der Waals surface area (Å²) in [4.78, 5) is 11.3. The van der Waals surface area contributed by atoms with Crippen molar-refractivity contribution in [1.29, 1.82) is 0 Å². The molecule has 0 bridgehead atoms. The molecule has 0 saturated carbocycles. The van der Waals surface area contributed by atoms with E-state index in [-0.39, 0.29) is 12.8 Å². The molecule has 0 amide bonds. The average Bonchev–Trinajstić information content (AvgIpc) is 3.17. The van der Waals surface area contributed by atoms with Gasteiger partial charge in [0, 0.05) is 19.0 Å². The highest BCUT2D eigenvalue weighted by molar-refractivity contribution is 5.98. The predicted molar refractivity (Wildman–Crippen MR) is 108 cm³/mol. The summed E-state index contributed by atoms with van der Waals surface area (Å²) >= 11 is 0. The number of methoxy groups -OCH3 is 2. The molecular formula is C21H22N4O4. The molecule has 1 heterocycles. The average molecular weight is 394 g/mol. The molecule has 3 aromatic rings. The minimum Gasteiger partial charge on any atom is -0.497 e. The van der Waals surface area contributed by atoms with Crippen molar-refractivity contribution in [2.24, 2.45) is 7.05 Å². The van der Waals surface area contributed by atoms with Gasteiger partial charge < -0.3 is 14.6 Å². The van der Waals surface area contributed by atoms with Gasteiger partial charge in [-0.25, -0.2) is 4.68 Å². The largest absolute Gasteiger partial charge is 0.497 e. The Hall–Kier alpha value is -3.68. The Bertz CT molecular complexity index is 958. The van der Waals surface area contributed by atoms with Gasteiger partial charge in [-0.3, -0.25) is 4.79 Å². The van der Waals surface area contributed by atoms with E-state index in [1.807, 2.05) is 48.5 Å². The van der Waals surface area contributed by atoms with E-state index in [1.165, 1.54) is 0 Å². The van der Waals surface area contributed by atoms with Crippen molar-refractivity contribution in [3.63, 3.8) is 0 Å². The number of carboxylic acids is 1. The zero-order chi connectivity index (χ0) is 20.8. The maximum absolute atomic E-state index is 11.3. The quantitative estimate of drug-likeness (QED) is 0.627. The molecule has 0 atom stereocenters. The van der Waals surface area contributed by atoms with E-state index < -0.39 is 5.97 Å². The summed E-state index contributed by atoms with van der Waals surface area (Å²) in [6, 6.07) is 15.2. The molecule has 0 spiro atoms.